The average molecular weight is 590 g/mol. The standard InChI is InChI=1S/C33H39N3O5S/c1-6-18-36-22-27(28-19-24(14-17-29(28)36)11-9-13-32(37)35(3)4)20-25-15-16-26(21-30(25)41-5)33(38)34-42(39,40)31-12-8-7-10-23(31)2/h7-8,10,12,14-17,19,21-22H,6,9,11,13,18,20H2,1-5H3,(H,34,38). The Bertz CT molecular complexity index is 1710. The Kier molecular flexibility index (Phi) is 9.73. The molecule has 42 heavy (non-hydrogen) atoms. The first-order valence-electron chi connectivity index (χ1n) is 14.1. The van der Waals surface area contributed by atoms with Crippen LogP contribution in [0, 0.1) is 6.92 Å². The van der Waals surface area contributed by atoms with E-state index >= 15 is 0 Å². The fourth-order valence-corrected chi connectivity index (χ4v) is 6.36. The molecule has 0 bridgehead atoms. The van der Waals surface area contributed by atoms with Crippen molar-refractivity contribution in [3.8, 4) is 5.75 Å². The molecule has 1 N–H and O–H groups in total. The molecule has 0 atom stereocenters. The lowest BCUT2D eigenvalue weighted by Crippen LogP contribution is -2.31. The summed E-state index contributed by atoms with van der Waals surface area (Å²) in [5.41, 5.74) is 5.08. The number of carbonyl (C=O) groups excluding carboxylic acids is 2. The molecule has 222 valence electrons. The summed E-state index contributed by atoms with van der Waals surface area (Å²) in [5.74, 6) is -0.0893. The predicted molar refractivity (Wildman–Crippen MR) is 165 cm³/mol. The normalized spacial score (nSPS) is 11.5. The van der Waals surface area contributed by atoms with Crippen LogP contribution in [0.2, 0.25) is 0 Å². The Morgan fingerprint density at radius 3 is 2.45 bits per heavy atom. The quantitative estimate of drug-likeness (QED) is 0.236. The van der Waals surface area contributed by atoms with Gasteiger partial charge in [-0.15, -0.1) is 0 Å². The molecule has 0 fully saturated rings. The number of rotatable bonds is 12. The minimum Gasteiger partial charge on any atom is -0.496 e. The maximum atomic E-state index is 13.0. The number of amides is 2. The maximum absolute atomic E-state index is 13.0. The second kappa shape index (κ2) is 13.2. The van der Waals surface area contributed by atoms with Gasteiger partial charge in [-0.1, -0.05) is 37.3 Å². The van der Waals surface area contributed by atoms with Crippen molar-refractivity contribution < 1.29 is 22.7 Å². The zero-order valence-corrected chi connectivity index (χ0v) is 25.8. The highest BCUT2D eigenvalue weighted by molar-refractivity contribution is 7.90. The highest BCUT2D eigenvalue weighted by Gasteiger charge is 2.21. The number of sulfonamides is 1. The molecule has 1 aromatic heterocycles. The summed E-state index contributed by atoms with van der Waals surface area (Å²) in [6.07, 6.45) is 5.84. The van der Waals surface area contributed by atoms with Gasteiger partial charge in [-0.25, -0.2) is 13.1 Å². The maximum Gasteiger partial charge on any atom is 0.265 e. The lowest BCUT2D eigenvalue weighted by Gasteiger charge is -2.12. The van der Waals surface area contributed by atoms with Crippen LogP contribution in [0.3, 0.4) is 0 Å². The van der Waals surface area contributed by atoms with Gasteiger partial charge in [0.2, 0.25) is 5.91 Å². The zero-order valence-electron chi connectivity index (χ0n) is 24.9. The summed E-state index contributed by atoms with van der Waals surface area (Å²) in [6, 6.07) is 18.0. The van der Waals surface area contributed by atoms with Gasteiger partial charge in [-0.3, -0.25) is 9.59 Å². The van der Waals surface area contributed by atoms with Gasteiger partial charge in [0.1, 0.15) is 5.75 Å². The van der Waals surface area contributed by atoms with Crippen LogP contribution in [0.5, 0.6) is 5.75 Å². The van der Waals surface area contributed by atoms with Crippen molar-refractivity contribution in [1.29, 1.82) is 0 Å². The van der Waals surface area contributed by atoms with Gasteiger partial charge in [0.25, 0.3) is 15.9 Å². The fraction of sp³-hybridized carbons (Fsp3) is 0.333. The summed E-state index contributed by atoms with van der Waals surface area (Å²) in [4.78, 5) is 26.7. The number of ether oxygens (including phenoxy) is 1. The molecule has 0 aliphatic rings. The van der Waals surface area contributed by atoms with Gasteiger partial charge in [-0.2, -0.15) is 0 Å². The third-order valence-electron chi connectivity index (χ3n) is 7.39. The van der Waals surface area contributed by atoms with E-state index in [0.29, 0.717) is 24.2 Å². The zero-order chi connectivity index (χ0) is 30.4. The van der Waals surface area contributed by atoms with Crippen LogP contribution in [0.1, 0.15) is 58.8 Å². The second-order valence-corrected chi connectivity index (χ2v) is 12.4. The SMILES string of the molecule is CCCn1cc(Cc2ccc(C(=O)NS(=O)(=O)c3ccccc3C)cc2OC)c2cc(CCCC(=O)N(C)C)ccc21. The molecule has 0 saturated carbocycles. The number of fused-ring (bicyclic) bond motifs is 1. The van der Waals surface area contributed by atoms with E-state index in [1.54, 1.807) is 56.3 Å². The van der Waals surface area contributed by atoms with Gasteiger partial charge >= 0.3 is 0 Å². The smallest absolute Gasteiger partial charge is 0.265 e. The number of methoxy groups -OCH3 is 1. The number of hydrogen-bond donors (Lipinski definition) is 1. The molecule has 0 spiro atoms. The van der Waals surface area contributed by atoms with Crippen LogP contribution in [0.4, 0.5) is 0 Å². The number of benzene rings is 3. The van der Waals surface area contributed by atoms with E-state index in [1.807, 2.05) is 6.07 Å². The minimum atomic E-state index is -4.03. The first-order valence-corrected chi connectivity index (χ1v) is 15.6. The molecule has 4 aromatic rings. The van der Waals surface area contributed by atoms with Gasteiger partial charge in [0.15, 0.2) is 0 Å². The number of carbonyl (C=O) groups is 2. The van der Waals surface area contributed by atoms with E-state index in [1.165, 1.54) is 18.7 Å². The van der Waals surface area contributed by atoms with E-state index in [0.717, 1.165) is 47.8 Å². The highest BCUT2D eigenvalue weighted by Crippen LogP contribution is 2.30. The second-order valence-electron chi connectivity index (χ2n) is 10.7. The summed E-state index contributed by atoms with van der Waals surface area (Å²) < 4.78 is 35.8. The Morgan fingerprint density at radius 1 is 1.00 bits per heavy atom. The van der Waals surface area contributed by atoms with Crippen molar-refractivity contribution in [2.24, 2.45) is 0 Å². The number of nitrogens with zero attached hydrogens (tertiary/aromatic N) is 2. The molecule has 2 amide bonds. The summed E-state index contributed by atoms with van der Waals surface area (Å²) in [6.45, 7) is 4.72. The lowest BCUT2D eigenvalue weighted by atomic mass is 9.99. The van der Waals surface area contributed by atoms with E-state index in [-0.39, 0.29) is 16.4 Å². The molecule has 0 aliphatic heterocycles. The summed E-state index contributed by atoms with van der Waals surface area (Å²) >= 11 is 0. The lowest BCUT2D eigenvalue weighted by molar-refractivity contribution is -0.128. The topological polar surface area (TPSA) is 97.7 Å². The Labute approximate surface area is 248 Å². The van der Waals surface area contributed by atoms with Crippen LogP contribution >= 0.6 is 0 Å². The molecule has 0 unspecified atom stereocenters. The van der Waals surface area contributed by atoms with Crippen molar-refractivity contribution in [2.45, 2.75) is 57.4 Å². The summed E-state index contributed by atoms with van der Waals surface area (Å²) in [5, 5.41) is 1.15. The molecule has 4 rings (SSSR count). The molecule has 3 aromatic carbocycles. The molecular formula is C33H39N3O5S. The third-order valence-corrected chi connectivity index (χ3v) is 8.88. The molecule has 8 nitrogen and oxygen atoms in total. The largest absolute Gasteiger partial charge is 0.496 e. The number of hydrogen-bond acceptors (Lipinski definition) is 5. The molecule has 1 heterocycles. The molecule has 0 aliphatic carbocycles. The molecular weight excluding hydrogens is 550 g/mol. The number of aryl methyl sites for hydroxylation is 3. The van der Waals surface area contributed by atoms with E-state index in [4.69, 9.17) is 4.74 Å². The Hall–Kier alpha value is -4.11. The van der Waals surface area contributed by atoms with E-state index in [2.05, 4.69) is 40.6 Å². The molecule has 9 heteroatoms. The van der Waals surface area contributed by atoms with E-state index < -0.39 is 15.9 Å². The van der Waals surface area contributed by atoms with Crippen LogP contribution in [-0.2, 0) is 34.2 Å². The molecule has 0 radical (unpaired) electrons. The third kappa shape index (κ3) is 7.02. The Morgan fingerprint density at radius 2 is 1.76 bits per heavy atom. The first kappa shape index (κ1) is 30.8. The van der Waals surface area contributed by atoms with Gasteiger partial charge in [0.05, 0.1) is 12.0 Å². The van der Waals surface area contributed by atoms with Crippen molar-refractivity contribution in [3.63, 3.8) is 0 Å². The molecule has 0 saturated heterocycles. The predicted octanol–water partition coefficient (Wildman–Crippen LogP) is 5.49. The van der Waals surface area contributed by atoms with Gasteiger partial charge < -0.3 is 14.2 Å². The Balaban J connectivity index is 1.59. The van der Waals surface area contributed by atoms with Crippen LogP contribution in [-0.4, -0.2) is 50.9 Å². The van der Waals surface area contributed by atoms with Gasteiger partial charge in [0, 0.05) is 56.1 Å². The first-order chi connectivity index (χ1) is 20.0. The van der Waals surface area contributed by atoms with Gasteiger partial charge in [-0.05, 0) is 78.8 Å². The van der Waals surface area contributed by atoms with Crippen molar-refractivity contribution in [1.82, 2.24) is 14.2 Å². The van der Waals surface area contributed by atoms with Crippen molar-refractivity contribution in [3.05, 3.63) is 94.7 Å². The summed E-state index contributed by atoms with van der Waals surface area (Å²) in [7, 11) is 1.06. The highest BCUT2D eigenvalue weighted by atomic mass is 32.2. The van der Waals surface area contributed by atoms with E-state index in [9.17, 15) is 18.0 Å². The van der Waals surface area contributed by atoms with Crippen molar-refractivity contribution >= 4 is 32.7 Å². The fourth-order valence-electron chi connectivity index (χ4n) is 5.14. The van der Waals surface area contributed by atoms with Crippen LogP contribution in [0.15, 0.2) is 71.8 Å². The monoisotopic (exact) mass is 589 g/mol. The van der Waals surface area contributed by atoms with Crippen molar-refractivity contribution in [2.75, 3.05) is 21.2 Å². The van der Waals surface area contributed by atoms with Crippen LogP contribution in [0.25, 0.3) is 10.9 Å². The number of nitrogens with one attached hydrogen (secondary N) is 1. The minimum absolute atomic E-state index is 0.0640. The number of aromatic nitrogens is 1. The van der Waals surface area contributed by atoms with Crippen LogP contribution < -0.4 is 9.46 Å². The average Bonchev–Trinajstić information content (AvgIpc) is 3.29.